The monoisotopic (exact) mass is 180 g/mol. The summed E-state index contributed by atoms with van der Waals surface area (Å²) in [6, 6.07) is 0. The van der Waals surface area contributed by atoms with Crippen LogP contribution in [0.15, 0.2) is 0 Å². The standard InChI is InChI=1S/Mg.H2O.O.Sb.2H/h;1H2;;;;/q+2;;;+1;2*-1/p-1. The van der Waals surface area contributed by atoms with E-state index >= 15 is 0 Å². The van der Waals surface area contributed by atoms with Crippen molar-refractivity contribution >= 4 is 45.1 Å². The van der Waals surface area contributed by atoms with E-state index in [4.69, 9.17) is 6.40 Å². The van der Waals surface area contributed by atoms with Crippen LogP contribution in [0.3, 0.4) is 0 Å². The molecule has 0 aliphatic carbocycles. The Morgan fingerprint density at radius 2 is 2.00 bits per heavy atom. The third-order valence-corrected chi connectivity index (χ3v) is 0. The zero-order valence-corrected chi connectivity index (χ0v) is 5.98. The Morgan fingerprint density at radius 3 is 2.00 bits per heavy atom. The maximum absolute atomic E-state index is 8.64. The van der Waals surface area contributed by atoms with Crippen LogP contribution in [0.1, 0.15) is 2.85 Å². The molecule has 0 saturated carbocycles. The Labute approximate surface area is 54.2 Å². The Kier molecular flexibility index (Phi) is 19.9. The van der Waals surface area contributed by atoms with Gasteiger partial charge in [-0.2, -0.15) is 0 Å². The van der Waals surface area contributed by atoms with E-state index in [-0.39, 0.29) is 25.9 Å². The van der Waals surface area contributed by atoms with E-state index in [0.717, 1.165) is 0 Å². The number of hydrogen-bond acceptors (Lipinski definition) is 1. The summed E-state index contributed by atoms with van der Waals surface area (Å²) in [7, 11) is 0. The molecule has 0 amide bonds. The van der Waals surface area contributed by atoms with Crippen LogP contribution >= 0.6 is 0 Å². The molecule has 0 fully saturated rings. The van der Waals surface area contributed by atoms with Crippen LogP contribution < -0.4 is 0 Å². The molecule has 1 N–H and O–H groups in total. The van der Waals surface area contributed by atoms with Crippen molar-refractivity contribution in [2.75, 3.05) is 0 Å². The van der Waals surface area contributed by atoms with E-state index in [0.29, 0.717) is 0 Å². The van der Waals surface area contributed by atoms with Gasteiger partial charge in [-0.05, 0) is 0 Å². The third kappa shape index (κ3) is 10.2. The molecule has 0 rings (SSSR count). The minimum absolute atomic E-state index is 0. The van der Waals surface area contributed by atoms with E-state index in [9.17, 15) is 0 Å². The summed E-state index contributed by atoms with van der Waals surface area (Å²) in [4.78, 5) is 0. The summed E-state index contributed by atoms with van der Waals surface area (Å²) >= 11 is -1.90. The van der Waals surface area contributed by atoms with Crippen LogP contribution in [0, 0.1) is 0 Å². The first kappa shape index (κ1) is 9.02. The molecule has 0 spiro atoms. The van der Waals surface area contributed by atoms with Crippen LogP contribution in [0.2, 0.25) is 0 Å². The fourth-order valence-corrected chi connectivity index (χ4v) is 0. The number of hydrogen-bond donors (Lipinski definition) is 1. The maximum atomic E-state index is 8.64. The van der Waals surface area contributed by atoms with Gasteiger partial charge in [0, 0.05) is 0 Å². The summed E-state index contributed by atoms with van der Waals surface area (Å²) < 4.78 is 15.8. The molecule has 0 aromatic carbocycles. The van der Waals surface area contributed by atoms with E-state index < -0.39 is 22.0 Å². The average Bonchev–Trinajstić information content (AvgIpc) is 0.918. The molecule has 0 atom stereocenters. The molecule has 0 aromatic rings. The topological polar surface area (TPSA) is 37.3 Å². The molecule has 0 aliphatic rings. The quantitative estimate of drug-likeness (QED) is 0.476. The molecular formula is H3MgO2Sb. The van der Waals surface area contributed by atoms with E-state index in [1.807, 2.05) is 0 Å². The van der Waals surface area contributed by atoms with Crippen molar-refractivity contribution in [1.29, 1.82) is 0 Å². The molecule has 22 valence electrons. The van der Waals surface area contributed by atoms with Crippen molar-refractivity contribution < 1.29 is 9.26 Å². The van der Waals surface area contributed by atoms with Gasteiger partial charge in [0.05, 0.1) is 0 Å². The van der Waals surface area contributed by atoms with Crippen molar-refractivity contribution in [2.45, 2.75) is 0 Å². The van der Waals surface area contributed by atoms with Gasteiger partial charge in [0.1, 0.15) is 0 Å². The Balaban J connectivity index is -0.00000000667. The van der Waals surface area contributed by atoms with Crippen LogP contribution in [-0.2, 0) is 3.02 Å². The van der Waals surface area contributed by atoms with Gasteiger partial charge in [0.2, 0.25) is 0 Å². The first-order valence-corrected chi connectivity index (χ1v) is 2.57. The van der Waals surface area contributed by atoms with Gasteiger partial charge in [-0.3, -0.25) is 0 Å². The summed E-state index contributed by atoms with van der Waals surface area (Å²) in [6.07, 6.45) is 0. The van der Waals surface area contributed by atoms with Gasteiger partial charge >= 0.3 is 51.5 Å². The van der Waals surface area contributed by atoms with Gasteiger partial charge in [-0.15, -0.1) is 0 Å². The molecule has 0 bridgehead atoms. The van der Waals surface area contributed by atoms with Crippen LogP contribution in [0.4, 0.5) is 0 Å². The van der Waals surface area contributed by atoms with Crippen LogP contribution in [0.5, 0.6) is 0 Å². The Bertz CT molecular complexity index is 19.0. The molecule has 2 nitrogen and oxygen atoms in total. The van der Waals surface area contributed by atoms with Crippen LogP contribution in [-0.4, -0.2) is 48.5 Å². The fourth-order valence-electron chi connectivity index (χ4n) is 0. The van der Waals surface area contributed by atoms with Gasteiger partial charge in [-0.1, -0.05) is 0 Å². The fraction of sp³-hybridized carbons (Fsp3) is 0. The Hall–Kier alpha value is 1.34. The average molecular weight is 181 g/mol. The van der Waals surface area contributed by atoms with Crippen molar-refractivity contribution in [3.63, 3.8) is 0 Å². The zero-order chi connectivity index (χ0) is 2.71. The molecule has 0 heterocycles. The van der Waals surface area contributed by atoms with E-state index in [1.54, 1.807) is 0 Å². The van der Waals surface area contributed by atoms with E-state index in [2.05, 4.69) is 0 Å². The molecule has 4 heavy (non-hydrogen) atoms. The molecule has 0 unspecified atom stereocenters. The molecular weight excluding hydrogens is 178 g/mol. The predicted octanol–water partition coefficient (Wildman–Crippen LogP) is -1.21. The predicted molar refractivity (Wildman–Crippen MR) is 16.6 cm³/mol. The second-order valence-electron chi connectivity index (χ2n) is 0.0816. The molecule has 0 saturated heterocycles. The third-order valence-electron chi connectivity index (χ3n) is 0. The molecule has 0 aromatic heterocycles. The summed E-state index contributed by atoms with van der Waals surface area (Å²) in [5.41, 5.74) is 0. The van der Waals surface area contributed by atoms with Crippen molar-refractivity contribution in [3.05, 3.63) is 0 Å². The van der Waals surface area contributed by atoms with Crippen molar-refractivity contribution in [2.24, 2.45) is 0 Å². The SMILES string of the molecule is [H-].[H-].[Mg+2].[O]=[Sb][OH]. The van der Waals surface area contributed by atoms with Crippen molar-refractivity contribution in [3.8, 4) is 0 Å². The minimum atomic E-state index is -1.90. The van der Waals surface area contributed by atoms with Gasteiger partial charge in [0.15, 0.2) is 0 Å². The molecule has 4 heteroatoms. The normalized spacial score (nSPS) is 3.25. The van der Waals surface area contributed by atoms with E-state index in [1.165, 1.54) is 0 Å². The second-order valence-corrected chi connectivity index (χ2v) is 0.548. The first-order valence-electron chi connectivity index (χ1n) is 0.383. The Morgan fingerprint density at radius 1 is 2.00 bits per heavy atom. The molecule has 0 radical (unpaired) electrons. The number of rotatable bonds is 0. The van der Waals surface area contributed by atoms with Crippen LogP contribution in [0.25, 0.3) is 0 Å². The molecule has 0 aliphatic heterocycles. The van der Waals surface area contributed by atoms with Gasteiger partial charge in [0.25, 0.3) is 0 Å². The summed E-state index contributed by atoms with van der Waals surface area (Å²) in [5, 5.41) is 0. The van der Waals surface area contributed by atoms with Crippen molar-refractivity contribution in [1.82, 2.24) is 0 Å². The van der Waals surface area contributed by atoms with Gasteiger partial charge < -0.3 is 2.85 Å². The van der Waals surface area contributed by atoms with Gasteiger partial charge in [-0.25, -0.2) is 0 Å². The second kappa shape index (κ2) is 8.84. The first-order chi connectivity index (χ1) is 1.41. The zero-order valence-electron chi connectivity index (χ0n) is 4.01. The summed E-state index contributed by atoms with van der Waals surface area (Å²) in [5.74, 6) is 0. The summed E-state index contributed by atoms with van der Waals surface area (Å²) in [6.45, 7) is 0.